The molecule has 2 unspecified atom stereocenters. The first-order chi connectivity index (χ1) is 7.72. The summed E-state index contributed by atoms with van der Waals surface area (Å²) in [4.78, 5) is 0. The second kappa shape index (κ2) is 4.33. The minimum absolute atomic E-state index is 0.598. The van der Waals surface area contributed by atoms with Gasteiger partial charge in [0.15, 0.2) is 0 Å². The zero-order chi connectivity index (χ0) is 11.1. The maximum atomic E-state index is 6.39. The van der Waals surface area contributed by atoms with Gasteiger partial charge in [-0.3, -0.25) is 0 Å². The third-order valence-electron chi connectivity index (χ3n) is 5.50. The Morgan fingerprint density at radius 2 is 1.56 bits per heavy atom. The molecule has 1 nitrogen and oxygen atoms in total. The highest BCUT2D eigenvalue weighted by molar-refractivity contribution is 4.94. The molecule has 0 aromatic heterocycles. The lowest BCUT2D eigenvalue weighted by Crippen LogP contribution is -2.46. The topological polar surface area (TPSA) is 9.23 Å². The van der Waals surface area contributed by atoms with Crippen molar-refractivity contribution < 1.29 is 4.74 Å². The first kappa shape index (κ1) is 11.1. The second-order valence-electron chi connectivity index (χ2n) is 6.75. The molecule has 1 heteroatoms. The monoisotopic (exact) mass is 222 g/mol. The van der Waals surface area contributed by atoms with Crippen LogP contribution in [0.3, 0.4) is 0 Å². The van der Waals surface area contributed by atoms with Gasteiger partial charge in [0.2, 0.25) is 0 Å². The zero-order valence-electron chi connectivity index (χ0n) is 10.8. The van der Waals surface area contributed by atoms with Crippen molar-refractivity contribution >= 4 is 0 Å². The Bertz CT molecular complexity index is 236. The van der Waals surface area contributed by atoms with Crippen molar-refractivity contribution in [2.75, 3.05) is 0 Å². The normalized spacial score (nSPS) is 52.1. The van der Waals surface area contributed by atoms with Crippen LogP contribution in [0.5, 0.6) is 0 Å². The summed E-state index contributed by atoms with van der Waals surface area (Å²) in [5.74, 6) is 3.81. The van der Waals surface area contributed by atoms with E-state index in [1.165, 1.54) is 44.9 Å². The van der Waals surface area contributed by atoms with Gasteiger partial charge in [-0.25, -0.2) is 0 Å². The fourth-order valence-electron chi connectivity index (χ4n) is 4.05. The first-order valence-electron chi connectivity index (χ1n) is 7.38. The van der Waals surface area contributed by atoms with E-state index in [2.05, 4.69) is 13.8 Å². The quantitative estimate of drug-likeness (QED) is 0.686. The lowest BCUT2D eigenvalue weighted by molar-refractivity contribution is -0.129. The van der Waals surface area contributed by atoms with Crippen LogP contribution in [-0.2, 0) is 4.74 Å². The molecule has 0 aromatic carbocycles. The Labute approximate surface area is 99.9 Å². The molecule has 16 heavy (non-hydrogen) atoms. The van der Waals surface area contributed by atoms with E-state index in [4.69, 9.17) is 4.74 Å². The minimum Gasteiger partial charge on any atom is -0.375 e. The average molecular weight is 222 g/mol. The van der Waals surface area contributed by atoms with Crippen LogP contribution in [0, 0.1) is 23.7 Å². The van der Waals surface area contributed by atoms with Gasteiger partial charge in [-0.2, -0.15) is 0 Å². The van der Waals surface area contributed by atoms with Gasteiger partial charge >= 0.3 is 0 Å². The SMILES string of the molecule is CC1CCC(OC2CC3CC(C3)C2C)CC1. The fraction of sp³-hybridized carbons (Fsp3) is 1.00. The molecule has 0 N–H and O–H groups in total. The Hall–Kier alpha value is -0.0400. The van der Waals surface area contributed by atoms with E-state index in [0.717, 1.165) is 23.7 Å². The molecule has 0 radical (unpaired) electrons. The number of fused-ring (bicyclic) bond motifs is 2. The summed E-state index contributed by atoms with van der Waals surface area (Å²) in [6.07, 6.45) is 11.0. The molecular formula is C15H26O. The summed E-state index contributed by atoms with van der Waals surface area (Å²) in [6, 6.07) is 0. The Balaban J connectivity index is 1.51. The highest BCUT2D eigenvalue weighted by atomic mass is 16.5. The van der Waals surface area contributed by atoms with E-state index in [1.54, 1.807) is 0 Å². The maximum absolute atomic E-state index is 6.39. The molecule has 4 aliphatic rings. The highest BCUT2D eigenvalue weighted by Gasteiger charge is 2.44. The van der Waals surface area contributed by atoms with Crippen molar-refractivity contribution in [2.24, 2.45) is 23.7 Å². The number of ether oxygens (including phenoxy) is 1. The molecule has 2 atom stereocenters. The van der Waals surface area contributed by atoms with Crippen molar-refractivity contribution in [2.45, 2.75) is 71.0 Å². The third-order valence-corrected chi connectivity index (χ3v) is 5.50. The van der Waals surface area contributed by atoms with Crippen LogP contribution < -0.4 is 0 Å². The van der Waals surface area contributed by atoms with Gasteiger partial charge in [-0.15, -0.1) is 0 Å². The third kappa shape index (κ3) is 2.03. The highest BCUT2D eigenvalue weighted by Crippen LogP contribution is 2.50. The van der Waals surface area contributed by atoms with Crippen molar-refractivity contribution in [1.82, 2.24) is 0 Å². The lowest BCUT2D eigenvalue weighted by atomic mass is 9.59. The number of hydrogen-bond acceptors (Lipinski definition) is 1. The molecule has 92 valence electrons. The fourth-order valence-corrected chi connectivity index (χ4v) is 4.05. The molecule has 4 saturated carbocycles. The lowest BCUT2D eigenvalue weighted by Gasteiger charge is -2.50. The van der Waals surface area contributed by atoms with E-state index < -0.39 is 0 Å². The largest absolute Gasteiger partial charge is 0.375 e. The average Bonchev–Trinajstić information content (AvgIpc) is 2.22. The van der Waals surface area contributed by atoms with Crippen molar-refractivity contribution in [1.29, 1.82) is 0 Å². The predicted molar refractivity (Wildman–Crippen MR) is 66.3 cm³/mol. The smallest absolute Gasteiger partial charge is 0.0609 e. The maximum Gasteiger partial charge on any atom is 0.0609 e. The van der Waals surface area contributed by atoms with E-state index >= 15 is 0 Å². The Kier molecular flexibility index (Phi) is 2.99. The van der Waals surface area contributed by atoms with Gasteiger partial charge in [0.05, 0.1) is 12.2 Å². The van der Waals surface area contributed by atoms with Gasteiger partial charge < -0.3 is 4.74 Å². The molecule has 0 saturated heterocycles. The van der Waals surface area contributed by atoms with Gasteiger partial charge in [-0.1, -0.05) is 13.8 Å². The Morgan fingerprint density at radius 3 is 2.19 bits per heavy atom. The molecule has 0 spiro atoms. The first-order valence-corrected chi connectivity index (χ1v) is 7.38. The molecular weight excluding hydrogens is 196 g/mol. The van der Waals surface area contributed by atoms with Crippen molar-refractivity contribution in [3.8, 4) is 0 Å². The molecule has 0 amide bonds. The molecule has 4 rings (SSSR count). The van der Waals surface area contributed by atoms with E-state index in [-0.39, 0.29) is 0 Å². The van der Waals surface area contributed by atoms with Crippen molar-refractivity contribution in [3.05, 3.63) is 0 Å². The number of hydrogen-bond donors (Lipinski definition) is 0. The van der Waals surface area contributed by atoms with E-state index in [1.807, 2.05) is 0 Å². The van der Waals surface area contributed by atoms with Gasteiger partial charge in [0.1, 0.15) is 0 Å². The van der Waals surface area contributed by atoms with Crippen LogP contribution in [0.2, 0.25) is 0 Å². The van der Waals surface area contributed by atoms with Gasteiger partial charge in [-0.05, 0) is 68.6 Å². The van der Waals surface area contributed by atoms with E-state index in [9.17, 15) is 0 Å². The molecule has 0 aromatic rings. The standard InChI is InChI=1S/C15H26O/c1-10-3-5-14(6-4-10)16-15-9-12-7-13(8-12)11(15)2/h10-15H,3-9H2,1-2H3. The number of rotatable bonds is 2. The summed E-state index contributed by atoms with van der Waals surface area (Å²) in [5.41, 5.74) is 0. The Morgan fingerprint density at radius 1 is 0.875 bits per heavy atom. The molecule has 4 fully saturated rings. The second-order valence-corrected chi connectivity index (χ2v) is 6.75. The summed E-state index contributed by atoms with van der Waals surface area (Å²) in [5, 5.41) is 0. The predicted octanol–water partition coefficient (Wildman–Crippen LogP) is 4.02. The molecule has 0 aliphatic heterocycles. The van der Waals surface area contributed by atoms with Crippen LogP contribution in [0.25, 0.3) is 0 Å². The van der Waals surface area contributed by atoms with Crippen LogP contribution in [0.4, 0.5) is 0 Å². The summed E-state index contributed by atoms with van der Waals surface area (Å²) < 4.78 is 6.39. The van der Waals surface area contributed by atoms with Crippen LogP contribution in [0.1, 0.15) is 58.8 Å². The molecule has 0 heterocycles. The summed E-state index contributed by atoms with van der Waals surface area (Å²) in [7, 11) is 0. The van der Waals surface area contributed by atoms with Crippen molar-refractivity contribution in [3.63, 3.8) is 0 Å². The zero-order valence-corrected chi connectivity index (χ0v) is 10.8. The minimum atomic E-state index is 0.598. The summed E-state index contributed by atoms with van der Waals surface area (Å²) >= 11 is 0. The van der Waals surface area contributed by atoms with E-state index in [0.29, 0.717) is 12.2 Å². The van der Waals surface area contributed by atoms with Crippen LogP contribution in [0.15, 0.2) is 0 Å². The molecule has 4 aliphatic carbocycles. The van der Waals surface area contributed by atoms with Gasteiger partial charge in [0.25, 0.3) is 0 Å². The van der Waals surface area contributed by atoms with Crippen LogP contribution >= 0.6 is 0 Å². The molecule has 2 bridgehead atoms. The summed E-state index contributed by atoms with van der Waals surface area (Å²) in [6.45, 7) is 4.81. The van der Waals surface area contributed by atoms with Crippen LogP contribution in [-0.4, -0.2) is 12.2 Å². The van der Waals surface area contributed by atoms with Gasteiger partial charge in [0, 0.05) is 0 Å².